The van der Waals surface area contributed by atoms with Gasteiger partial charge in [0.25, 0.3) is 11.8 Å². The van der Waals surface area contributed by atoms with Crippen molar-refractivity contribution in [3.05, 3.63) is 64.4 Å². The van der Waals surface area contributed by atoms with E-state index in [0.717, 1.165) is 5.56 Å². The molecule has 31 heavy (non-hydrogen) atoms. The predicted octanol–water partition coefficient (Wildman–Crippen LogP) is 4.11. The van der Waals surface area contributed by atoms with Crippen LogP contribution in [0.4, 0.5) is 5.69 Å². The predicted molar refractivity (Wildman–Crippen MR) is 114 cm³/mol. The number of nitrogens with zero attached hydrogens (tertiary/aromatic N) is 4. The number of carbonyl (C=O) groups excluding carboxylic acids is 2. The molecule has 3 aromatic rings. The molecular weight excluding hydrogens is 420 g/mol. The summed E-state index contributed by atoms with van der Waals surface area (Å²) in [7, 11) is 0. The van der Waals surface area contributed by atoms with Crippen molar-refractivity contribution >= 4 is 29.2 Å². The number of esters is 1. The van der Waals surface area contributed by atoms with Crippen molar-refractivity contribution < 1.29 is 18.8 Å². The Kier molecular flexibility index (Phi) is 7.00. The van der Waals surface area contributed by atoms with Crippen LogP contribution >= 0.6 is 11.6 Å². The number of ether oxygens (including phenoxy) is 1. The average molecular weight is 439 g/mol. The van der Waals surface area contributed by atoms with Gasteiger partial charge in [-0.15, -0.1) is 0 Å². The van der Waals surface area contributed by atoms with Crippen LogP contribution < -0.4 is 4.90 Å². The van der Waals surface area contributed by atoms with E-state index in [1.807, 2.05) is 13.0 Å². The summed E-state index contributed by atoms with van der Waals surface area (Å²) in [5, 5.41) is 13.2. The lowest BCUT2D eigenvalue weighted by atomic mass is 10.1. The van der Waals surface area contributed by atoms with E-state index in [1.165, 1.54) is 4.90 Å². The summed E-state index contributed by atoms with van der Waals surface area (Å²) in [5.74, 6) is -0.231. The van der Waals surface area contributed by atoms with Gasteiger partial charge in [-0.05, 0) is 61.9 Å². The molecule has 0 fully saturated rings. The van der Waals surface area contributed by atoms with Gasteiger partial charge in [0.05, 0.1) is 18.1 Å². The van der Waals surface area contributed by atoms with Crippen LogP contribution in [0, 0.1) is 25.2 Å². The standard InChI is InChI=1S/C22H19ClN4O4/c1-14-12-18(8-9-19(14)23)27(11-3-10-24)20(28)13-30-22(29)17-6-4-16(5-7-17)21-25-15(2)26-31-21/h4-9,12H,3,11,13H2,1-2H3. The average Bonchev–Trinajstić information content (AvgIpc) is 3.21. The first-order valence-electron chi connectivity index (χ1n) is 9.40. The number of aryl methyl sites for hydroxylation is 2. The normalized spacial score (nSPS) is 10.4. The molecular formula is C22H19ClN4O4. The lowest BCUT2D eigenvalue weighted by Crippen LogP contribution is -2.35. The van der Waals surface area contributed by atoms with E-state index in [0.29, 0.717) is 28.0 Å². The monoisotopic (exact) mass is 438 g/mol. The molecule has 0 aliphatic carbocycles. The Labute approximate surface area is 184 Å². The van der Waals surface area contributed by atoms with Gasteiger partial charge >= 0.3 is 5.97 Å². The van der Waals surface area contributed by atoms with Crippen molar-refractivity contribution in [2.45, 2.75) is 20.3 Å². The number of hydrogen-bond donors (Lipinski definition) is 0. The maximum Gasteiger partial charge on any atom is 0.338 e. The largest absolute Gasteiger partial charge is 0.452 e. The van der Waals surface area contributed by atoms with Crippen molar-refractivity contribution in [2.75, 3.05) is 18.1 Å². The van der Waals surface area contributed by atoms with Gasteiger partial charge in [0.15, 0.2) is 12.4 Å². The molecule has 0 unspecified atom stereocenters. The highest BCUT2D eigenvalue weighted by Crippen LogP contribution is 2.23. The van der Waals surface area contributed by atoms with Crippen molar-refractivity contribution in [3.8, 4) is 17.5 Å². The summed E-state index contributed by atoms with van der Waals surface area (Å²) in [6.07, 6.45) is 0.137. The quantitative estimate of drug-likeness (QED) is 0.510. The van der Waals surface area contributed by atoms with Crippen molar-refractivity contribution in [1.82, 2.24) is 10.1 Å². The second-order valence-electron chi connectivity index (χ2n) is 6.69. The van der Waals surface area contributed by atoms with Crippen molar-refractivity contribution in [3.63, 3.8) is 0 Å². The summed E-state index contributed by atoms with van der Waals surface area (Å²) >= 11 is 6.05. The first kappa shape index (κ1) is 22.0. The van der Waals surface area contributed by atoms with Crippen LogP contribution in [-0.2, 0) is 9.53 Å². The molecule has 0 N–H and O–H groups in total. The molecule has 2 aromatic carbocycles. The number of halogens is 1. The summed E-state index contributed by atoms with van der Waals surface area (Å²) in [5.41, 5.74) is 2.31. The zero-order chi connectivity index (χ0) is 22.4. The Morgan fingerprint density at radius 3 is 2.55 bits per heavy atom. The van der Waals surface area contributed by atoms with Gasteiger partial charge in [0.2, 0.25) is 0 Å². The summed E-state index contributed by atoms with van der Waals surface area (Å²) in [6.45, 7) is 3.24. The van der Waals surface area contributed by atoms with E-state index in [2.05, 4.69) is 10.1 Å². The smallest absolute Gasteiger partial charge is 0.338 e. The highest BCUT2D eigenvalue weighted by Gasteiger charge is 2.19. The fraction of sp³-hybridized carbons (Fsp3) is 0.227. The van der Waals surface area contributed by atoms with Crippen LogP contribution in [0.25, 0.3) is 11.5 Å². The minimum atomic E-state index is -0.644. The van der Waals surface area contributed by atoms with Crippen LogP contribution in [0.15, 0.2) is 47.0 Å². The molecule has 0 aliphatic heterocycles. The lowest BCUT2D eigenvalue weighted by molar-refractivity contribution is -0.121. The third-order valence-electron chi connectivity index (χ3n) is 4.42. The Hall–Kier alpha value is -3.70. The number of aromatic nitrogens is 2. The van der Waals surface area contributed by atoms with Gasteiger partial charge in [-0.3, -0.25) is 4.79 Å². The number of anilines is 1. The van der Waals surface area contributed by atoms with E-state index in [1.54, 1.807) is 49.4 Å². The van der Waals surface area contributed by atoms with Gasteiger partial charge in [-0.2, -0.15) is 10.2 Å². The second-order valence-corrected chi connectivity index (χ2v) is 7.09. The van der Waals surface area contributed by atoms with E-state index >= 15 is 0 Å². The van der Waals surface area contributed by atoms with E-state index in [9.17, 15) is 9.59 Å². The van der Waals surface area contributed by atoms with Gasteiger partial charge in [0, 0.05) is 22.8 Å². The number of amides is 1. The third kappa shape index (κ3) is 5.47. The minimum absolute atomic E-state index is 0.137. The van der Waals surface area contributed by atoms with Crippen LogP contribution in [0.3, 0.4) is 0 Å². The molecule has 0 bridgehead atoms. The third-order valence-corrected chi connectivity index (χ3v) is 4.85. The fourth-order valence-electron chi connectivity index (χ4n) is 2.81. The van der Waals surface area contributed by atoms with Crippen molar-refractivity contribution in [1.29, 1.82) is 5.26 Å². The highest BCUT2D eigenvalue weighted by molar-refractivity contribution is 6.31. The Balaban J connectivity index is 1.66. The first-order valence-corrected chi connectivity index (χ1v) is 9.78. The van der Waals surface area contributed by atoms with Crippen LogP contribution in [-0.4, -0.2) is 35.2 Å². The maximum absolute atomic E-state index is 12.7. The van der Waals surface area contributed by atoms with Gasteiger partial charge in [-0.1, -0.05) is 16.8 Å². The number of nitriles is 1. The molecule has 3 rings (SSSR count). The Morgan fingerprint density at radius 1 is 1.19 bits per heavy atom. The Bertz CT molecular complexity index is 1140. The van der Waals surface area contributed by atoms with Crippen LogP contribution in [0.1, 0.15) is 28.2 Å². The number of benzene rings is 2. The number of hydrogen-bond acceptors (Lipinski definition) is 7. The topological polar surface area (TPSA) is 109 Å². The van der Waals surface area contributed by atoms with E-state index in [4.69, 9.17) is 26.1 Å². The first-order chi connectivity index (χ1) is 14.9. The van der Waals surface area contributed by atoms with Gasteiger partial charge in [-0.25, -0.2) is 4.79 Å². The summed E-state index contributed by atoms with van der Waals surface area (Å²) < 4.78 is 10.3. The van der Waals surface area contributed by atoms with E-state index < -0.39 is 18.5 Å². The summed E-state index contributed by atoms with van der Waals surface area (Å²) in [4.78, 5) is 30.6. The second kappa shape index (κ2) is 9.87. The molecule has 1 aromatic heterocycles. The number of carbonyl (C=O) groups is 2. The molecule has 0 aliphatic rings. The molecule has 0 radical (unpaired) electrons. The summed E-state index contributed by atoms with van der Waals surface area (Å²) in [6, 6.07) is 13.5. The molecule has 0 spiro atoms. The van der Waals surface area contributed by atoms with Crippen LogP contribution in [0.2, 0.25) is 5.02 Å². The molecule has 1 heterocycles. The number of rotatable bonds is 7. The zero-order valence-corrected chi connectivity index (χ0v) is 17.7. The van der Waals surface area contributed by atoms with Crippen molar-refractivity contribution in [2.24, 2.45) is 0 Å². The molecule has 0 saturated carbocycles. The molecule has 158 valence electrons. The van der Waals surface area contributed by atoms with Gasteiger partial charge < -0.3 is 14.2 Å². The van der Waals surface area contributed by atoms with Gasteiger partial charge in [0.1, 0.15) is 0 Å². The molecule has 8 nitrogen and oxygen atoms in total. The minimum Gasteiger partial charge on any atom is -0.452 e. The molecule has 9 heteroatoms. The SMILES string of the molecule is Cc1noc(-c2ccc(C(=O)OCC(=O)N(CCC#N)c3ccc(Cl)c(C)c3)cc2)n1. The molecule has 0 atom stereocenters. The molecule has 0 saturated heterocycles. The Morgan fingerprint density at radius 2 is 1.94 bits per heavy atom. The van der Waals surface area contributed by atoms with Crippen LogP contribution in [0.5, 0.6) is 0 Å². The zero-order valence-electron chi connectivity index (χ0n) is 17.0. The lowest BCUT2D eigenvalue weighted by Gasteiger charge is -2.22. The molecule has 1 amide bonds. The highest BCUT2D eigenvalue weighted by atomic mass is 35.5. The van der Waals surface area contributed by atoms with E-state index in [-0.39, 0.29) is 18.5 Å². The fourth-order valence-corrected chi connectivity index (χ4v) is 2.93. The maximum atomic E-state index is 12.7.